The van der Waals surface area contributed by atoms with Crippen LogP contribution in [0.4, 0.5) is 0 Å². The zero-order valence-electron chi connectivity index (χ0n) is 28.6. The van der Waals surface area contributed by atoms with Crippen LogP contribution in [0.3, 0.4) is 0 Å². The first-order valence-corrected chi connectivity index (χ1v) is 17.9. The highest BCUT2D eigenvalue weighted by Gasteiger charge is 2.46. The summed E-state index contributed by atoms with van der Waals surface area (Å²) in [4.78, 5) is 14.6. The molecule has 2 bridgehead atoms. The van der Waals surface area contributed by atoms with Crippen LogP contribution in [0.15, 0.2) is 109 Å². The van der Waals surface area contributed by atoms with Crippen molar-refractivity contribution in [2.24, 2.45) is 17.8 Å². The van der Waals surface area contributed by atoms with Gasteiger partial charge in [0.25, 0.3) is 0 Å². The maximum absolute atomic E-state index is 9.31. The van der Waals surface area contributed by atoms with Gasteiger partial charge in [-0.15, -0.1) is 0 Å². The fourth-order valence-electron chi connectivity index (χ4n) is 9.10. The van der Waals surface area contributed by atoms with E-state index < -0.39 is 0 Å². The molecule has 0 N–H and O–H groups in total. The Balaban J connectivity index is 1.18. The third-order valence-corrected chi connectivity index (χ3v) is 11.2. The largest absolute Gasteiger partial charge is 0.208 e. The Bertz CT molecular complexity index is 2200. The van der Waals surface area contributed by atoms with Gasteiger partial charge in [0.1, 0.15) is 0 Å². The number of hydrogen-bond acceptors (Lipinski definition) is 5. The predicted molar refractivity (Wildman–Crippen MR) is 200 cm³/mol. The van der Waals surface area contributed by atoms with E-state index in [1.54, 1.807) is 29.8 Å². The van der Waals surface area contributed by atoms with Crippen LogP contribution in [0.25, 0.3) is 56.1 Å². The number of hydrogen-bond donors (Lipinski definition) is 0. The maximum Gasteiger partial charge on any atom is 0.164 e. The van der Waals surface area contributed by atoms with Crippen molar-refractivity contribution in [3.63, 3.8) is 0 Å². The second kappa shape index (κ2) is 13.0. The molecule has 50 heavy (non-hydrogen) atoms. The van der Waals surface area contributed by atoms with Crippen LogP contribution < -0.4 is 0 Å². The molecule has 0 amide bonds. The Hall–Kier alpha value is -5.65. The van der Waals surface area contributed by atoms with Gasteiger partial charge in [-0.05, 0) is 131 Å². The third kappa shape index (κ3) is 5.84. The van der Waals surface area contributed by atoms with Crippen LogP contribution in [0.2, 0.25) is 0 Å². The Morgan fingerprint density at radius 2 is 1.12 bits per heavy atom. The lowest BCUT2D eigenvalue weighted by molar-refractivity contribution is 0.0712. The summed E-state index contributed by atoms with van der Waals surface area (Å²) >= 11 is 0. The van der Waals surface area contributed by atoms with Crippen LogP contribution >= 0.6 is 0 Å². The number of fused-ring (bicyclic) bond motifs is 3. The van der Waals surface area contributed by atoms with E-state index in [9.17, 15) is 10.5 Å². The second-order valence-electron chi connectivity index (χ2n) is 14.6. The zero-order valence-corrected chi connectivity index (χ0v) is 28.6. The topological polar surface area (TPSA) is 86.2 Å². The van der Waals surface area contributed by atoms with Gasteiger partial charge in [-0.2, -0.15) is 10.5 Å². The van der Waals surface area contributed by atoms with Crippen LogP contribution in [0, 0.1) is 40.4 Å². The van der Waals surface area contributed by atoms with Gasteiger partial charge in [0, 0.05) is 16.7 Å². The normalized spacial score (nSPS) is 21.3. The van der Waals surface area contributed by atoms with Crippen molar-refractivity contribution in [2.75, 3.05) is 0 Å². The number of benzene rings is 5. The van der Waals surface area contributed by atoms with Gasteiger partial charge in [-0.3, -0.25) is 0 Å². The van der Waals surface area contributed by atoms with Gasteiger partial charge in [-0.1, -0.05) is 80.9 Å². The first-order valence-electron chi connectivity index (χ1n) is 17.9. The van der Waals surface area contributed by atoms with Crippen molar-refractivity contribution < 1.29 is 0 Å². The van der Waals surface area contributed by atoms with E-state index >= 15 is 0 Å². The van der Waals surface area contributed by atoms with Crippen molar-refractivity contribution in [1.82, 2.24) is 15.0 Å². The van der Waals surface area contributed by atoms with E-state index in [1.165, 1.54) is 54.9 Å². The molecule has 2 aliphatic rings. The molecule has 2 fully saturated rings. The summed E-state index contributed by atoms with van der Waals surface area (Å²) in [5, 5.41) is 21.3. The van der Waals surface area contributed by atoms with Gasteiger partial charge in [-0.25, -0.2) is 15.0 Å². The average molecular weight is 650 g/mol. The van der Waals surface area contributed by atoms with Crippen LogP contribution in [0.5, 0.6) is 0 Å². The van der Waals surface area contributed by atoms with Crippen LogP contribution in [-0.4, -0.2) is 15.0 Å². The van der Waals surface area contributed by atoms with Gasteiger partial charge < -0.3 is 0 Å². The molecule has 1 aromatic heterocycles. The maximum atomic E-state index is 9.31. The summed E-state index contributed by atoms with van der Waals surface area (Å²) in [5.74, 6) is 4.04. The third-order valence-electron chi connectivity index (χ3n) is 11.2. The molecular formula is C45H39N5. The standard InChI is InChI=1S/C45H39N5/c1-3-30-23-33-22-29(2)24-45(25-30,26-33)41-21-20-38(39-6-4-5-7-40(39)41)34-16-18-37(19-17-34)44-49-42(35-12-8-31(27-46)9-13-35)48-43(50-44)36-14-10-32(28-47)11-15-36/h4-21,29-30,33H,3,22-26H2,1-2H3/t29-,30+,33-,45?/m0/s1. The molecule has 1 unspecified atom stereocenters. The predicted octanol–water partition coefficient (Wildman–Crippen LogP) is 10.9. The summed E-state index contributed by atoms with van der Waals surface area (Å²) < 4.78 is 0. The molecule has 6 aromatic rings. The van der Waals surface area contributed by atoms with E-state index in [4.69, 9.17) is 15.0 Å². The van der Waals surface area contributed by atoms with Crippen LogP contribution in [0.1, 0.15) is 69.1 Å². The molecule has 8 rings (SSSR count). The summed E-state index contributed by atoms with van der Waals surface area (Å²) in [6, 6.07) is 41.3. The molecule has 0 saturated heterocycles. The minimum Gasteiger partial charge on any atom is -0.208 e. The molecular weight excluding hydrogens is 611 g/mol. The lowest BCUT2D eigenvalue weighted by Crippen LogP contribution is -2.42. The Morgan fingerprint density at radius 3 is 1.66 bits per heavy atom. The van der Waals surface area contributed by atoms with Gasteiger partial charge >= 0.3 is 0 Å². The Kier molecular flexibility index (Phi) is 8.21. The van der Waals surface area contributed by atoms with Gasteiger partial charge in [0.15, 0.2) is 17.5 Å². The number of aromatic nitrogens is 3. The SMILES string of the molecule is CC[C@@H]1C[C@@H]2C[C@H](C)CC(c3ccc(-c4ccc(-c5nc(-c6ccc(C#N)cc6)nc(-c6ccc(C#N)cc6)n5)cc4)c4ccccc34)(C1)C2. The van der Waals surface area contributed by atoms with E-state index in [-0.39, 0.29) is 5.41 Å². The fraction of sp³-hybridized carbons (Fsp3) is 0.267. The van der Waals surface area contributed by atoms with E-state index in [1.807, 2.05) is 24.3 Å². The summed E-state index contributed by atoms with van der Waals surface area (Å²) in [5.41, 5.74) is 7.85. The molecule has 0 spiro atoms. The Labute approximate surface area is 294 Å². The van der Waals surface area contributed by atoms with Crippen molar-refractivity contribution in [1.29, 1.82) is 10.5 Å². The molecule has 0 radical (unpaired) electrons. The van der Waals surface area contributed by atoms with Crippen molar-refractivity contribution in [2.45, 2.75) is 57.8 Å². The highest BCUT2D eigenvalue weighted by atomic mass is 15.0. The van der Waals surface area contributed by atoms with Crippen LogP contribution in [-0.2, 0) is 5.41 Å². The summed E-state index contributed by atoms with van der Waals surface area (Å²) in [6.07, 6.45) is 7.98. The van der Waals surface area contributed by atoms with Crippen molar-refractivity contribution >= 4 is 10.8 Å². The average Bonchev–Trinajstić information content (AvgIpc) is 3.17. The molecule has 5 nitrogen and oxygen atoms in total. The molecule has 5 heteroatoms. The lowest BCUT2D eigenvalue weighted by Gasteiger charge is -2.51. The van der Waals surface area contributed by atoms with Crippen molar-refractivity contribution in [3.8, 4) is 57.4 Å². The first-order chi connectivity index (χ1) is 24.4. The zero-order chi connectivity index (χ0) is 34.2. The van der Waals surface area contributed by atoms with Gasteiger partial charge in [0.05, 0.1) is 23.3 Å². The minimum atomic E-state index is 0.265. The fourth-order valence-corrected chi connectivity index (χ4v) is 9.10. The Morgan fingerprint density at radius 1 is 0.600 bits per heavy atom. The van der Waals surface area contributed by atoms with E-state index in [2.05, 4.69) is 86.6 Å². The molecule has 2 saturated carbocycles. The highest BCUT2D eigenvalue weighted by Crippen LogP contribution is 2.56. The number of rotatable bonds is 6. The molecule has 1 heterocycles. The number of nitriles is 2. The van der Waals surface area contributed by atoms with Gasteiger partial charge in [0.2, 0.25) is 0 Å². The minimum absolute atomic E-state index is 0.265. The van der Waals surface area contributed by atoms with E-state index in [0.717, 1.165) is 40.0 Å². The highest BCUT2D eigenvalue weighted by molar-refractivity contribution is 5.99. The molecule has 0 aliphatic heterocycles. The second-order valence-corrected chi connectivity index (χ2v) is 14.6. The quantitative estimate of drug-likeness (QED) is 0.179. The lowest BCUT2D eigenvalue weighted by atomic mass is 9.53. The van der Waals surface area contributed by atoms with Crippen molar-refractivity contribution in [3.05, 3.63) is 126 Å². The summed E-state index contributed by atoms with van der Waals surface area (Å²) in [7, 11) is 0. The smallest absolute Gasteiger partial charge is 0.164 e. The van der Waals surface area contributed by atoms with E-state index in [0.29, 0.717) is 28.6 Å². The first kappa shape index (κ1) is 31.6. The molecule has 244 valence electrons. The number of nitrogens with zero attached hydrogens (tertiary/aromatic N) is 5. The molecule has 2 aliphatic carbocycles. The monoisotopic (exact) mass is 649 g/mol. The molecule has 4 atom stereocenters. The molecule has 5 aromatic carbocycles. The summed E-state index contributed by atoms with van der Waals surface area (Å²) in [6.45, 7) is 4.85.